The normalized spacial score (nSPS) is 8.82. The summed E-state index contributed by atoms with van der Waals surface area (Å²) in [6.45, 7) is 1.99. The molecule has 2 nitrogen and oxygen atoms in total. The molecule has 0 aliphatic rings. The molecule has 0 unspecified atom stereocenters. The summed E-state index contributed by atoms with van der Waals surface area (Å²) in [7, 11) is 0. The maximum Gasteiger partial charge on any atom is 0.430 e. The monoisotopic (exact) mass is 332 g/mol. The standard InChI is InChI=1S/C2HF3O2.C2H4I.Zn/c3-2(4,5)1(6)7;1-2-3;/h(H,6,7);2H,1H3;/p-1. The van der Waals surface area contributed by atoms with E-state index in [9.17, 15) is 13.2 Å². The van der Waals surface area contributed by atoms with Crippen LogP contribution in [0.15, 0.2) is 0 Å². The van der Waals surface area contributed by atoms with Crippen molar-refractivity contribution >= 4 is 28.6 Å². The number of carboxylic acids is 1. The molecule has 0 saturated heterocycles. The van der Waals surface area contributed by atoms with Crippen molar-refractivity contribution in [2.45, 2.75) is 13.1 Å². The maximum absolute atomic E-state index is 10.5. The van der Waals surface area contributed by atoms with Crippen LogP contribution < -0.4 is 5.11 Å². The minimum absolute atomic E-state index is 0. The molecule has 0 aliphatic heterocycles. The minimum Gasteiger partial charge on any atom is -0.542 e. The molecule has 0 aromatic carbocycles. The van der Waals surface area contributed by atoms with Gasteiger partial charge in [-0.15, -0.1) is 0 Å². The Bertz CT molecular complexity index is 106. The van der Waals surface area contributed by atoms with E-state index in [1.165, 1.54) is 0 Å². The average molecular weight is 333 g/mol. The number of carbonyl (C=O) groups excluding carboxylic acids is 1. The predicted octanol–water partition coefficient (Wildman–Crippen LogP) is 0.899. The first-order valence-electron chi connectivity index (χ1n) is 2.02. The van der Waals surface area contributed by atoms with Gasteiger partial charge in [0.25, 0.3) is 0 Å². The molecule has 0 spiro atoms. The zero-order valence-corrected chi connectivity index (χ0v) is 10.7. The fraction of sp³-hybridized carbons (Fsp3) is 0.500. The third-order valence-electron chi connectivity index (χ3n) is 0.231. The summed E-state index contributed by atoms with van der Waals surface area (Å²) in [6, 6.07) is 0. The van der Waals surface area contributed by atoms with E-state index >= 15 is 0 Å². The van der Waals surface area contributed by atoms with Gasteiger partial charge >= 0.3 is 6.18 Å². The smallest absolute Gasteiger partial charge is 0.430 e. The van der Waals surface area contributed by atoms with Gasteiger partial charge in [0, 0.05) is 23.9 Å². The predicted molar refractivity (Wildman–Crippen MR) is 35.1 cm³/mol. The molecule has 1 radical (unpaired) electrons. The van der Waals surface area contributed by atoms with Crippen LogP contribution in [0.3, 0.4) is 0 Å². The average Bonchev–Trinajstić information content (AvgIpc) is 1.64. The zero-order chi connectivity index (χ0) is 8.78. The summed E-state index contributed by atoms with van der Waals surface area (Å²) in [5.41, 5.74) is 0. The van der Waals surface area contributed by atoms with Crippen molar-refractivity contribution in [1.82, 2.24) is 0 Å². The van der Waals surface area contributed by atoms with Gasteiger partial charge in [0.05, 0.1) is 0 Å². The van der Waals surface area contributed by atoms with Crippen molar-refractivity contribution in [2.75, 3.05) is 0 Å². The van der Waals surface area contributed by atoms with Crippen molar-refractivity contribution < 1.29 is 42.6 Å². The van der Waals surface area contributed by atoms with Gasteiger partial charge < -0.3 is 9.90 Å². The molecule has 0 N–H and O–H groups in total. The number of carbonyl (C=O) groups is 1. The Hall–Kier alpha value is 0.613. The van der Waals surface area contributed by atoms with Crippen molar-refractivity contribution in [3.05, 3.63) is 4.43 Å². The molecule has 0 aliphatic carbocycles. The Labute approximate surface area is 88.4 Å². The first-order chi connectivity index (χ1) is 4.36. The second-order valence-corrected chi connectivity index (χ2v) is 2.25. The molecule has 0 aromatic heterocycles. The molecular formula is C4H4F3IO2Zn-. The van der Waals surface area contributed by atoms with Gasteiger partial charge in [0.1, 0.15) is 5.97 Å². The number of rotatable bonds is 0. The van der Waals surface area contributed by atoms with Crippen LogP contribution in [-0.2, 0) is 24.3 Å². The molecule has 0 aromatic rings. The second-order valence-electron chi connectivity index (χ2n) is 1.00. The molecule has 0 fully saturated rings. The van der Waals surface area contributed by atoms with E-state index in [4.69, 9.17) is 9.90 Å². The fourth-order valence-corrected chi connectivity index (χ4v) is 0. The fourth-order valence-electron chi connectivity index (χ4n) is 0. The summed E-state index contributed by atoms with van der Waals surface area (Å²) in [5, 5.41) is 8.78. The largest absolute Gasteiger partial charge is 0.542 e. The number of aliphatic carboxylic acids is 1. The molecule has 7 heteroatoms. The quantitative estimate of drug-likeness (QED) is 0.488. The minimum atomic E-state index is -5.19. The summed E-state index contributed by atoms with van der Waals surface area (Å²) in [6.07, 6.45) is -5.19. The first kappa shape index (κ1) is 17.6. The topological polar surface area (TPSA) is 40.1 Å². The summed E-state index contributed by atoms with van der Waals surface area (Å²) in [4.78, 5) is 8.78. The Morgan fingerprint density at radius 1 is 1.55 bits per heavy atom. The number of carboxylic acid groups (broad SMARTS) is 1. The molecule has 0 bridgehead atoms. The number of alkyl halides is 3. The van der Waals surface area contributed by atoms with Crippen LogP contribution >= 0.6 is 22.6 Å². The van der Waals surface area contributed by atoms with Crippen LogP contribution in [0.25, 0.3) is 0 Å². The Morgan fingerprint density at radius 3 is 1.64 bits per heavy atom. The van der Waals surface area contributed by atoms with E-state index < -0.39 is 12.1 Å². The van der Waals surface area contributed by atoms with E-state index in [2.05, 4.69) is 22.6 Å². The van der Waals surface area contributed by atoms with Crippen LogP contribution in [0.5, 0.6) is 0 Å². The third-order valence-corrected chi connectivity index (χ3v) is 0.231. The molecule has 63 valence electrons. The van der Waals surface area contributed by atoms with E-state index in [1.54, 1.807) is 0 Å². The van der Waals surface area contributed by atoms with Crippen LogP contribution in [-0.4, -0.2) is 12.1 Å². The van der Waals surface area contributed by atoms with Gasteiger partial charge in [-0.3, -0.25) is 0 Å². The zero-order valence-electron chi connectivity index (χ0n) is 5.61. The van der Waals surface area contributed by atoms with Gasteiger partial charge in [-0.1, -0.05) is 29.5 Å². The van der Waals surface area contributed by atoms with Crippen LogP contribution in [0.1, 0.15) is 6.92 Å². The van der Waals surface area contributed by atoms with Crippen LogP contribution in [0, 0.1) is 4.43 Å². The van der Waals surface area contributed by atoms with Crippen molar-refractivity contribution in [3.63, 3.8) is 0 Å². The molecule has 0 atom stereocenters. The van der Waals surface area contributed by atoms with Gasteiger partial charge in [-0.25, -0.2) is 0 Å². The molecule has 0 saturated carbocycles. The summed E-state index contributed by atoms with van der Waals surface area (Å²) >= 11 is 2.16. The van der Waals surface area contributed by atoms with Gasteiger partial charge in [-0.05, 0) is 0 Å². The summed E-state index contributed by atoms with van der Waals surface area (Å²) in [5.74, 6) is -3.01. The molecular weight excluding hydrogens is 329 g/mol. The van der Waals surface area contributed by atoms with E-state index in [0.717, 1.165) is 0 Å². The number of hydrogen-bond donors (Lipinski definition) is 0. The number of halogens is 4. The van der Waals surface area contributed by atoms with Crippen molar-refractivity contribution in [3.8, 4) is 0 Å². The second kappa shape index (κ2) is 8.71. The van der Waals surface area contributed by atoms with Crippen molar-refractivity contribution in [2.24, 2.45) is 0 Å². The van der Waals surface area contributed by atoms with Gasteiger partial charge in [0.15, 0.2) is 0 Å². The molecule has 11 heavy (non-hydrogen) atoms. The summed E-state index contributed by atoms with van der Waals surface area (Å²) < 4.78 is 33.5. The van der Waals surface area contributed by atoms with E-state index in [1.807, 2.05) is 11.4 Å². The van der Waals surface area contributed by atoms with Gasteiger partial charge in [0.2, 0.25) is 0 Å². The van der Waals surface area contributed by atoms with Crippen LogP contribution in [0.2, 0.25) is 0 Å². The maximum atomic E-state index is 10.5. The Kier molecular flexibility index (Phi) is 14.0. The Morgan fingerprint density at radius 2 is 1.64 bits per heavy atom. The van der Waals surface area contributed by atoms with Crippen LogP contribution in [0.4, 0.5) is 13.2 Å². The van der Waals surface area contributed by atoms with Crippen molar-refractivity contribution in [1.29, 1.82) is 0 Å². The van der Waals surface area contributed by atoms with E-state index in [0.29, 0.717) is 0 Å². The Balaban J connectivity index is -0.000000140. The van der Waals surface area contributed by atoms with Gasteiger partial charge in [-0.2, -0.15) is 13.2 Å². The SMILES string of the molecule is C[CH]I.O=C([O-])C(F)(F)F.[Zn]. The van der Waals surface area contributed by atoms with E-state index in [-0.39, 0.29) is 19.5 Å². The third kappa shape index (κ3) is 18.0. The number of hydrogen-bond acceptors (Lipinski definition) is 2. The molecule has 0 heterocycles. The first-order valence-corrected chi connectivity index (χ1v) is 3.27. The molecule has 0 amide bonds. The molecule has 0 rings (SSSR count).